The molecule has 0 spiro atoms. The lowest BCUT2D eigenvalue weighted by molar-refractivity contribution is -0.147. The maximum absolute atomic E-state index is 12.3. The van der Waals surface area contributed by atoms with Crippen LogP contribution in [0.3, 0.4) is 0 Å². The Morgan fingerprint density at radius 1 is 1.42 bits per heavy atom. The number of carbonyl (C=O) groups is 2. The molecule has 19 heavy (non-hydrogen) atoms. The van der Waals surface area contributed by atoms with E-state index in [1.54, 1.807) is 13.0 Å². The summed E-state index contributed by atoms with van der Waals surface area (Å²) in [6.07, 6.45) is 0. The van der Waals surface area contributed by atoms with Crippen molar-refractivity contribution in [3.63, 3.8) is 0 Å². The number of phenols is 1. The number of morpholine rings is 1. The van der Waals surface area contributed by atoms with E-state index in [4.69, 9.17) is 9.84 Å². The Kier molecular flexibility index (Phi) is 3.71. The highest BCUT2D eigenvalue weighted by Gasteiger charge is 2.34. The molecule has 6 nitrogen and oxygen atoms in total. The number of aliphatic carboxylic acids is 1. The molecule has 1 fully saturated rings. The molecule has 1 atom stereocenters. The number of aryl methyl sites for hydroxylation is 1. The number of carboxylic acid groups (broad SMARTS) is 1. The van der Waals surface area contributed by atoms with Crippen LogP contribution in [0, 0.1) is 6.92 Å². The standard InChI is InChI=1S/C13H15NO5/c1-8-2-3-9(11(15)6-8)12(16)14-4-5-19-7-10(14)13(17)18/h2-3,6,10,15H,4-5,7H2,1H3,(H,17,18). The summed E-state index contributed by atoms with van der Waals surface area (Å²) in [5.41, 5.74) is 0.935. The third-order valence-corrected chi connectivity index (χ3v) is 3.06. The van der Waals surface area contributed by atoms with Crippen LogP contribution in [0.2, 0.25) is 0 Å². The lowest BCUT2D eigenvalue weighted by atomic mass is 10.1. The van der Waals surface area contributed by atoms with Crippen molar-refractivity contribution in [1.29, 1.82) is 0 Å². The van der Waals surface area contributed by atoms with Crippen LogP contribution in [0.1, 0.15) is 15.9 Å². The van der Waals surface area contributed by atoms with E-state index in [2.05, 4.69) is 0 Å². The minimum atomic E-state index is -1.11. The van der Waals surface area contributed by atoms with Crippen LogP contribution in [-0.2, 0) is 9.53 Å². The van der Waals surface area contributed by atoms with Crippen LogP contribution in [0.15, 0.2) is 18.2 Å². The summed E-state index contributed by atoms with van der Waals surface area (Å²) in [6, 6.07) is 3.66. The molecule has 0 saturated carbocycles. The summed E-state index contributed by atoms with van der Waals surface area (Å²) in [7, 11) is 0. The molecule has 1 saturated heterocycles. The van der Waals surface area contributed by atoms with Gasteiger partial charge >= 0.3 is 5.97 Å². The van der Waals surface area contributed by atoms with Gasteiger partial charge in [-0.3, -0.25) is 4.79 Å². The van der Waals surface area contributed by atoms with Gasteiger partial charge in [0.1, 0.15) is 5.75 Å². The van der Waals surface area contributed by atoms with Gasteiger partial charge in [-0.25, -0.2) is 4.79 Å². The molecule has 6 heteroatoms. The molecule has 0 radical (unpaired) electrons. The highest BCUT2D eigenvalue weighted by Crippen LogP contribution is 2.22. The lowest BCUT2D eigenvalue weighted by Crippen LogP contribution is -2.52. The third-order valence-electron chi connectivity index (χ3n) is 3.06. The molecule has 0 aliphatic carbocycles. The predicted octanol–water partition coefficient (Wildman–Crippen LogP) is 0.626. The van der Waals surface area contributed by atoms with Gasteiger partial charge in [0.25, 0.3) is 5.91 Å². The molecule has 1 unspecified atom stereocenters. The van der Waals surface area contributed by atoms with Crippen molar-refractivity contribution >= 4 is 11.9 Å². The van der Waals surface area contributed by atoms with Crippen LogP contribution in [0.25, 0.3) is 0 Å². The fraction of sp³-hybridized carbons (Fsp3) is 0.385. The van der Waals surface area contributed by atoms with Crippen molar-refractivity contribution in [2.45, 2.75) is 13.0 Å². The first-order valence-electron chi connectivity index (χ1n) is 5.92. The first-order valence-corrected chi connectivity index (χ1v) is 5.92. The van der Waals surface area contributed by atoms with Gasteiger partial charge in [-0.2, -0.15) is 0 Å². The molecule has 2 rings (SSSR count). The van der Waals surface area contributed by atoms with E-state index in [1.165, 1.54) is 17.0 Å². The maximum Gasteiger partial charge on any atom is 0.328 e. The number of rotatable bonds is 2. The van der Waals surface area contributed by atoms with Gasteiger partial charge in [-0.05, 0) is 24.6 Å². The maximum atomic E-state index is 12.3. The summed E-state index contributed by atoms with van der Waals surface area (Å²) in [6.45, 7) is 2.25. The summed E-state index contributed by atoms with van der Waals surface area (Å²) in [5, 5.41) is 18.9. The molecule has 1 heterocycles. The van der Waals surface area contributed by atoms with Crippen molar-refractivity contribution in [2.75, 3.05) is 19.8 Å². The quantitative estimate of drug-likeness (QED) is 0.818. The van der Waals surface area contributed by atoms with Crippen molar-refractivity contribution in [1.82, 2.24) is 4.90 Å². The number of phenolic OH excluding ortho intramolecular Hbond substituents is 1. The van der Waals surface area contributed by atoms with Gasteiger partial charge in [0, 0.05) is 6.54 Å². The minimum absolute atomic E-state index is 0.0340. The second-order valence-corrected chi connectivity index (χ2v) is 4.45. The topological polar surface area (TPSA) is 87.1 Å². The van der Waals surface area contributed by atoms with E-state index >= 15 is 0 Å². The number of hydrogen-bond donors (Lipinski definition) is 2. The average Bonchev–Trinajstić information content (AvgIpc) is 2.38. The highest BCUT2D eigenvalue weighted by atomic mass is 16.5. The zero-order chi connectivity index (χ0) is 14.0. The largest absolute Gasteiger partial charge is 0.507 e. The van der Waals surface area contributed by atoms with Crippen molar-refractivity contribution < 1.29 is 24.5 Å². The number of nitrogens with zero attached hydrogens (tertiary/aromatic N) is 1. The first kappa shape index (κ1) is 13.4. The zero-order valence-corrected chi connectivity index (χ0v) is 10.5. The fourth-order valence-corrected chi connectivity index (χ4v) is 2.03. The Morgan fingerprint density at radius 2 is 2.16 bits per heavy atom. The number of carbonyl (C=O) groups excluding carboxylic acids is 1. The molecule has 0 aromatic heterocycles. The zero-order valence-electron chi connectivity index (χ0n) is 10.5. The number of hydrogen-bond acceptors (Lipinski definition) is 4. The SMILES string of the molecule is Cc1ccc(C(=O)N2CCOCC2C(=O)O)c(O)c1. The summed E-state index contributed by atoms with van der Waals surface area (Å²) in [4.78, 5) is 24.6. The highest BCUT2D eigenvalue weighted by molar-refractivity contribution is 5.99. The summed E-state index contributed by atoms with van der Waals surface area (Å²) >= 11 is 0. The van der Waals surface area contributed by atoms with Crippen LogP contribution < -0.4 is 0 Å². The van der Waals surface area contributed by atoms with Crippen LogP contribution in [0.5, 0.6) is 5.75 Å². The summed E-state index contributed by atoms with van der Waals surface area (Å²) in [5.74, 6) is -1.74. The Balaban J connectivity index is 2.28. The average molecular weight is 265 g/mol. The van der Waals surface area contributed by atoms with Crippen molar-refractivity contribution in [3.05, 3.63) is 29.3 Å². The molecular formula is C13H15NO5. The van der Waals surface area contributed by atoms with E-state index in [-0.39, 0.29) is 24.5 Å². The number of benzene rings is 1. The Labute approximate surface area is 110 Å². The number of aromatic hydroxyl groups is 1. The van der Waals surface area contributed by atoms with Gasteiger partial charge in [-0.15, -0.1) is 0 Å². The van der Waals surface area contributed by atoms with Gasteiger partial charge in [0.05, 0.1) is 18.8 Å². The van der Waals surface area contributed by atoms with E-state index in [0.29, 0.717) is 6.61 Å². The normalized spacial score (nSPS) is 19.2. The summed E-state index contributed by atoms with van der Waals surface area (Å²) < 4.78 is 5.07. The molecular weight excluding hydrogens is 250 g/mol. The second-order valence-electron chi connectivity index (χ2n) is 4.45. The van der Waals surface area contributed by atoms with E-state index in [1.807, 2.05) is 0 Å². The molecule has 1 aromatic rings. The Hall–Kier alpha value is -2.08. The first-order chi connectivity index (χ1) is 9.00. The van der Waals surface area contributed by atoms with Crippen LogP contribution in [-0.4, -0.2) is 52.8 Å². The molecule has 1 aliphatic heterocycles. The van der Waals surface area contributed by atoms with Gasteiger partial charge in [0.2, 0.25) is 0 Å². The Morgan fingerprint density at radius 3 is 2.79 bits per heavy atom. The van der Waals surface area contributed by atoms with Gasteiger partial charge in [0.15, 0.2) is 6.04 Å². The van der Waals surface area contributed by atoms with Crippen LogP contribution >= 0.6 is 0 Å². The second kappa shape index (κ2) is 5.27. The third kappa shape index (κ3) is 2.68. The van der Waals surface area contributed by atoms with E-state index < -0.39 is 17.9 Å². The molecule has 1 aromatic carbocycles. The van der Waals surface area contributed by atoms with Crippen molar-refractivity contribution in [2.24, 2.45) is 0 Å². The molecule has 1 aliphatic rings. The molecule has 102 valence electrons. The molecule has 0 bridgehead atoms. The minimum Gasteiger partial charge on any atom is -0.507 e. The Bertz CT molecular complexity index is 514. The smallest absolute Gasteiger partial charge is 0.328 e. The van der Waals surface area contributed by atoms with E-state index in [0.717, 1.165) is 5.56 Å². The van der Waals surface area contributed by atoms with Gasteiger partial charge < -0.3 is 19.8 Å². The predicted molar refractivity (Wildman–Crippen MR) is 66.1 cm³/mol. The van der Waals surface area contributed by atoms with Gasteiger partial charge in [-0.1, -0.05) is 6.07 Å². The molecule has 1 amide bonds. The van der Waals surface area contributed by atoms with E-state index in [9.17, 15) is 14.7 Å². The fourth-order valence-electron chi connectivity index (χ4n) is 2.03. The number of carboxylic acids is 1. The number of ether oxygens (including phenoxy) is 1. The molecule has 2 N–H and O–H groups in total. The van der Waals surface area contributed by atoms with Crippen LogP contribution in [0.4, 0.5) is 0 Å². The lowest BCUT2D eigenvalue weighted by Gasteiger charge is -2.33. The monoisotopic (exact) mass is 265 g/mol. The van der Waals surface area contributed by atoms with Crippen molar-refractivity contribution in [3.8, 4) is 5.75 Å². The number of amides is 1.